The Morgan fingerprint density at radius 2 is 1.95 bits per heavy atom. The van der Waals surface area contributed by atoms with Crippen molar-refractivity contribution in [2.45, 2.75) is 51.6 Å². The average Bonchev–Trinajstić information content (AvgIpc) is 2.97. The van der Waals surface area contributed by atoms with Gasteiger partial charge in [-0.2, -0.15) is 0 Å². The van der Waals surface area contributed by atoms with Crippen LogP contribution in [0.1, 0.15) is 43.9 Å². The molecule has 2 fully saturated rings. The highest BCUT2D eigenvalue weighted by Gasteiger charge is 2.25. The molecule has 5 heteroatoms. The maximum Gasteiger partial charge on any atom is 0.182 e. The summed E-state index contributed by atoms with van der Waals surface area (Å²) < 4.78 is 0. The quantitative estimate of drug-likeness (QED) is 0.906. The molecule has 0 spiro atoms. The molecule has 0 radical (unpaired) electrons. The largest absolute Gasteiger partial charge is 0.362 e. The molecule has 1 aromatic rings. The second kappa shape index (κ2) is 7.56. The molecule has 0 amide bonds. The monoisotopic (exact) mass is 308 g/mol. The molecule has 0 unspecified atom stereocenters. The number of aromatic nitrogens is 1. The van der Waals surface area contributed by atoms with Crippen molar-refractivity contribution in [2.75, 3.05) is 38.0 Å². The summed E-state index contributed by atoms with van der Waals surface area (Å²) in [7, 11) is 0. The van der Waals surface area contributed by atoms with Crippen LogP contribution in [0.4, 0.5) is 5.13 Å². The summed E-state index contributed by atoms with van der Waals surface area (Å²) in [5.41, 5.74) is 0. The number of thiazole rings is 1. The van der Waals surface area contributed by atoms with Gasteiger partial charge in [0.2, 0.25) is 0 Å². The molecule has 1 N–H and O–H groups in total. The van der Waals surface area contributed by atoms with Gasteiger partial charge in [0.05, 0.1) is 0 Å². The van der Waals surface area contributed by atoms with E-state index in [-0.39, 0.29) is 0 Å². The van der Waals surface area contributed by atoms with Gasteiger partial charge in [0.25, 0.3) is 0 Å². The average molecular weight is 308 g/mol. The van der Waals surface area contributed by atoms with Crippen molar-refractivity contribution < 1.29 is 0 Å². The van der Waals surface area contributed by atoms with Gasteiger partial charge in [-0.25, -0.2) is 4.98 Å². The maximum absolute atomic E-state index is 4.43. The van der Waals surface area contributed by atoms with Crippen molar-refractivity contribution in [1.82, 2.24) is 14.8 Å². The zero-order valence-electron chi connectivity index (χ0n) is 13.2. The van der Waals surface area contributed by atoms with Gasteiger partial charge in [0.15, 0.2) is 5.13 Å². The maximum atomic E-state index is 4.43. The van der Waals surface area contributed by atoms with Crippen LogP contribution in [0.3, 0.4) is 0 Å². The van der Waals surface area contributed by atoms with Crippen LogP contribution in [-0.2, 0) is 6.54 Å². The van der Waals surface area contributed by atoms with Crippen LogP contribution in [0.15, 0.2) is 6.20 Å². The first kappa shape index (κ1) is 15.3. The molecule has 3 rings (SSSR count). The van der Waals surface area contributed by atoms with E-state index in [1.165, 1.54) is 63.2 Å². The SMILES string of the molecule is CCNc1ncc(CN2CCC(N3CCCCC3)CC2)s1. The van der Waals surface area contributed by atoms with Gasteiger partial charge in [-0.3, -0.25) is 4.90 Å². The van der Waals surface area contributed by atoms with Gasteiger partial charge in [-0.05, 0) is 45.7 Å². The fourth-order valence-corrected chi connectivity index (χ4v) is 4.48. The Bertz CT molecular complexity index is 420. The fraction of sp³-hybridized carbons (Fsp3) is 0.812. The number of likely N-dealkylation sites (tertiary alicyclic amines) is 2. The van der Waals surface area contributed by atoms with Gasteiger partial charge in [-0.15, -0.1) is 11.3 Å². The van der Waals surface area contributed by atoms with Gasteiger partial charge >= 0.3 is 0 Å². The van der Waals surface area contributed by atoms with E-state index >= 15 is 0 Å². The Labute approximate surface area is 132 Å². The first-order chi connectivity index (χ1) is 10.3. The second-order valence-corrected chi connectivity index (χ2v) is 7.38. The summed E-state index contributed by atoms with van der Waals surface area (Å²) in [6, 6.07) is 0.848. The molecule has 2 aliphatic heterocycles. The van der Waals surface area contributed by atoms with Crippen LogP contribution in [0.5, 0.6) is 0 Å². The van der Waals surface area contributed by atoms with E-state index < -0.39 is 0 Å². The molecule has 3 heterocycles. The standard InChI is InChI=1S/C16H28N4S/c1-2-17-16-18-12-15(21-16)13-19-10-6-14(7-11-19)20-8-4-3-5-9-20/h12,14H,2-11,13H2,1H3,(H,17,18). The van der Waals surface area contributed by atoms with Crippen LogP contribution < -0.4 is 5.32 Å². The zero-order chi connectivity index (χ0) is 14.5. The Morgan fingerprint density at radius 3 is 2.67 bits per heavy atom. The minimum Gasteiger partial charge on any atom is -0.362 e. The van der Waals surface area contributed by atoms with Gasteiger partial charge in [0, 0.05) is 43.3 Å². The van der Waals surface area contributed by atoms with E-state index in [4.69, 9.17) is 0 Å². The second-order valence-electron chi connectivity index (χ2n) is 6.27. The van der Waals surface area contributed by atoms with Crippen molar-refractivity contribution >= 4 is 16.5 Å². The Balaban J connectivity index is 1.44. The number of anilines is 1. The van der Waals surface area contributed by atoms with E-state index in [9.17, 15) is 0 Å². The number of nitrogens with zero attached hydrogens (tertiary/aromatic N) is 3. The van der Waals surface area contributed by atoms with Gasteiger partial charge in [-0.1, -0.05) is 6.42 Å². The topological polar surface area (TPSA) is 31.4 Å². The summed E-state index contributed by atoms with van der Waals surface area (Å²) >= 11 is 1.81. The highest BCUT2D eigenvalue weighted by molar-refractivity contribution is 7.15. The predicted molar refractivity (Wildman–Crippen MR) is 90.0 cm³/mol. The highest BCUT2D eigenvalue weighted by Crippen LogP contribution is 2.24. The van der Waals surface area contributed by atoms with Crippen LogP contribution in [0.2, 0.25) is 0 Å². The third-order valence-corrected chi connectivity index (χ3v) is 5.66. The van der Waals surface area contributed by atoms with Crippen LogP contribution in [0, 0.1) is 0 Å². The van der Waals surface area contributed by atoms with E-state index in [2.05, 4.69) is 27.0 Å². The van der Waals surface area contributed by atoms with Crippen LogP contribution in [0.25, 0.3) is 0 Å². The Hall–Kier alpha value is -0.650. The van der Waals surface area contributed by atoms with Crippen molar-refractivity contribution in [3.8, 4) is 0 Å². The van der Waals surface area contributed by atoms with Crippen molar-refractivity contribution in [2.24, 2.45) is 0 Å². The minimum atomic E-state index is 0.848. The predicted octanol–water partition coefficient (Wildman–Crippen LogP) is 3.03. The molecular weight excluding hydrogens is 280 g/mol. The number of hydrogen-bond donors (Lipinski definition) is 1. The third kappa shape index (κ3) is 4.18. The third-order valence-electron chi connectivity index (χ3n) is 4.73. The number of hydrogen-bond acceptors (Lipinski definition) is 5. The smallest absolute Gasteiger partial charge is 0.182 e. The van der Waals surface area contributed by atoms with E-state index in [0.29, 0.717) is 0 Å². The van der Waals surface area contributed by atoms with Crippen molar-refractivity contribution in [1.29, 1.82) is 0 Å². The molecule has 0 saturated carbocycles. The molecule has 1 aromatic heterocycles. The summed E-state index contributed by atoms with van der Waals surface area (Å²) in [5, 5.41) is 4.36. The van der Waals surface area contributed by atoms with E-state index in [1.54, 1.807) is 11.3 Å². The lowest BCUT2D eigenvalue weighted by molar-refractivity contribution is 0.0900. The van der Waals surface area contributed by atoms with Crippen molar-refractivity contribution in [3.05, 3.63) is 11.1 Å². The molecule has 0 aliphatic carbocycles. The number of piperidine rings is 2. The fourth-order valence-electron chi connectivity index (χ4n) is 3.56. The summed E-state index contributed by atoms with van der Waals surface area (Å²) in [5.74, 6) is 0. The summed E-state index contributed by atoms with van der Waals surface area (Å²) in [4.78, 5) is 11.2. The Morgan fingerprint density at radius 1 is 1.19 bits per heavy atom. The first-order valence-corrected chi connectivity index (χ1v) is 9.32. The molecular formula is C16H28N4S. The van der Waals surface area contributed by atoms with Gasteiger partial charge in [0.1, 0.15) is 0 Å². The minimum absolute atomic E-state index is 0.848. The van der Waals surface area contributed by atoms with Crippen LogP contribution in [-0.4, -0.2) is 53.5 Å². The van der Waals surface area contributed by atoms with Crippen molar-refractivity contribution in [3.63, 3.8) is 0 Å². The molecule has 21 heavy (non-hydrogen) atoms. The first-order valence-electron chi connectivity index (χ1n) is 8.50. The molecule has 2 aliphatic rings. The van der Waals surface area contributed by atoms with Crippen LogP contribution >= 0.6 is 11.3 Å². The van der Waals surface area contributed by atoms with E-state index in [0.717, 1.165) is 24.3 Å². The lowest BCUT2D eigenvalue weighted by Crippen LogP contribution is -2.46. The lowest BCUT2D eigenvalue weighted by atomic mass is 10.00. The van der Waals surface area contributed by atoms with E-state index in [1.807, 2.05) is 6.20 Å². The molecule has 2 saturated heterocycles. The lowest BCUT2D eigenvalue weighted by Gasteiger charge is -2.40. The Kier molecular flexibility index (Phi) is 5.49. The zero-order valence-corrected chi connectivity index (χ0v) is 14.0. The summed E-state index contributed by atoms with van der Waals surface area (Å²) in [6.45, 7) is 9.32. The number of rotatable bonds is 5. The normalized spacial score (nSPS) is 22.5. The summed E-state index contributed by atoms with van der Waals surface area (Å²) in [6.07, 6.45) is 8.99. The molecule has 118 valence electrons. The highest BCUT2D eigenvalue weighted by atomic mass is 32.1. The molecule has 0 atom stereocenters. The number of nitrogens with one attached hydrogen (secondary N) is 1. The molecule has 0 aromatic carbocycles. The molecule has 4 nitrogen and oxygen atoms in total. The van der Waals surface area contributed by atoms with Gasteiger partial charge < -0.3 is 10.2 Å². The molecule has 0 bridgehead atoms.